The Morgan fingerprint density at radius 1 is 1.00 bits per heavy atom. The fourth-order valence-corrected chi connectivity index (χ4v) is 3.08. The van der Waals surface area contributed by atoms with Gasteiger partial charge in [-0.1, -0.05) is 38.5 Å². The summed E-state index contributed by atoms with van der Waals surface area (Å²) < 4.78 is 0. The van der Waals surface area contributed by atoms with Gasteiger partial charge in [0.25, 0.3) is 0 Å². The first kappa shape index (κ1) is 18.4. The van der Waals surface area contributed by atoms with E-state index < -0.39 is 18.1 Å². The van der Waals surface area contributed by atoms with Crippen molar-refractivity contribution >= 4 is 5.97 Å². The number of hydrogen-bond donors (Lipinski definition) is 4. The first-order valence-corrected chi connectivity index (χ1v) is 8.43. The van der Waals surface area contributed by atoms with Crippen LogP contribution in [-0.2, 0) is 4.79 Å². The standard InChI is InChI=1S/C12H23N.C4H9NO3/c1-3-7-11(8-4-1)13-12-9-5-2-6-10-12;1-2(6)3(5)4(7)8/h11-13H,1-10H2;2-3,6H,5H2,1H3,(H,7,8)/t;2-,3+/m.1/s1. The van der Waals surface area contributed by atoms with Crippen molar-refractivity contribution in [2.24, 2.45) is 5.73 Å². The molecule has 124 valence electrons. The topological polar surface area (TPSA) is 95.6 Å². The first-order valence-electron chi connectivity index (χ1n) is 8.43. The molecule has 21 heavy (non-hydrogen) atoms. The fourth-order valence-electron chi connectivity index (χ4n) is 3.08. The van der Waals surface area contributed by atoms with Crippen LogP contribution < -0.4 is 11.1 Å². The summed E-state index contributed by atoms with van der Waals surface area (Å²) in [7, 11) is 0. The second kappa shape index (κ2) is 10.1. The van der Waals surface area contributed by atoms with Crippen LogP contribution in [0.4, 0.5) is 0 Å². The van der Waals surface area contributed by atoms with E-state index >= 15 is 0 Å². The normalized spacial score (nSPS) is 23.8. The van der Waals surface area contributed by atoms with Gasteiger partial charge in [-0.05, 0) is 32.6 Å². The number of carboxylic acids is 1. The number of aliphatic carboxylic acids is 1. The maximum Gasteiger partial charge on any atom is 0.323 e. The van der Waals surface area contributed by atoms with E-state index in [0.29, 0.717) is 0 Å². The van der Waals surface area contributed by atoms with Crippen LogP contribution in [0.25, 0.3) is 0 Å². The fraction of sp³-hybridized carbons (Fsp3) is 0.938. The van der Waals surface area contributed by atoms with Crippen LogP contribution in [0, 0.1) is 0 Å². The molecule has 5 N–H and O–H groups in total. The molecule has 0 aliphatic heterocycles. The molecular weight excluding hydrogens is 268 g/mol. The second-order valence-corrected chi connectivity index (χ2v) is 6.44. The van der Waals surface area contributed by atoms with Crippen LogP contribution in [0.5, 0.6) is 0 Å². The first-order chi connectivity index (χ1) is 10.0. The third-order valence-corrected chi connectivity index (χ3v) is 4.49. The zero-order chi connectivity index (χ0) is 15.7. The van der Waals surface area contributed by atoms with Crippen molar-refractivity contribution < 1.29 is 15.0 Å². The Labute approximate surface area is 128 Å². The minimum atomic E-state index is -1.18. The van der Waals surface area contributed by atoms with Crippen molar-refractivity contribution in [2.75, 3.05) is 0 Å². The van der Waals surface area contributed by atoms with Gasteiger partial charge in [-0.3, -0.25) is 4.79 Å². The minimum absolute atomic E-state index is 0.872. The zero-order valence-electron chi connectivity index (χ0n) is 13.3. The van der Waals surface area contributed by atoms with E-state index in [1.54, 1.807) is 0 Å². The summed E-state index contributed by atoms with van der Waals surface area (Å²) in [5, 5.41) is 20.4. The van der Waals surface area contributed by atoms with Crippen LogP contribution >= 0.6 is 0 Å². The van der Waals surface area contributed by atoms with Crippen molar-refractivity contribution in [2.45, 2.75) is 95.4 Å². The van der Waals surface area contributed by atoms with Crippen molar-refractivity contribution in [1.82, 2.24) is 5.32 Å². The van der Waals surface area contributed by atoms with Gasteiger partial charge in [0.05, 0.1) is 6.10 Å². The lowest BCUT2D eigenvalue weighted by atomic mass is 9.91. The Kier molecular flexibility index (Phi) is 8.88. The highest BCUT2D eigenvalue weighted by molar-refractivity contribution is 5.73. The molecule has 5 heteroatoms. The van der Waals surface area contributed by atoms with Crippen LogP contribution in [0.15, 0.2) is 0 Å². The molecule has 0 aromatic carbocycles. The monoisotopic (exact) mass is 300 g/mol. The van der Waals surface area contributed by atoms with Gasteiger partial charge in [0, 0.05) is 12.1 Å². The number of aliphatic hydroxyl groups is 1. The number of carboxylic acid groups (broad SMARTS) is 1. The third-order valence-electron chi connectivity index (χ3n) is 4.49. The van der Waals surface area contributed by atoms with E-state index in [0.717, 1.165) is 12.1 Å². The van der Waals surface area contributed by atoms with Crippen LogP contribution in [-0.4, -0.2) is 40.4 Å². The Morgan fingerprint density at radius 2 is 1.38 bits per heavy atom. The largest absolute Gasteiger partial charge is 0.480 e. The van der Waals surface area contributed by atoms with Gasteiger partial charge in [0.2, 0.25) is 0 Å². The van der Waals surface area contributed by atoms with E-state index in [4.69, 9.17) is 15.9 Å². The van der Waals surface area contributed by atoms with Crippen molar-refractivity contribution in [3.63, 3.8) is 0 Å². The van der Waals surface area contributed by atoms with E-state index in [1.807, 2.05) is 0 Å². The lowest BCUT2D eigenvalue weighted by Crippen LogP contribution is -2.40. The molecule has 2 atom stereocenters. The van der Waals surface area contributed by atoms with Gasteiger partial charge < -0.3 is 21.3 Å². The quantitative estimate of drug-likeness (QED) is 0.637. The highest BCUT2D eigenvalue weighted by Crippen LogP contribution is 2.22. The highest BCUT2D eigenvalue weighted by Gasteiger charge is 2.19. The lowest BCUT2D eigenvalue weighted by Gasteiger charge is -2.30. The van der Waals surface area contributed by atoms with Gasteiger partial charge in [-0.2, -0.15) is 0 Å². The molecule has 2 fully saturated rings. The number of nitrogens with two attached hydrogens (primary N) is 1. The lowest BCUT2D eigenvalue weighted by molar-refractivity contribution is -0.140. The van der Waals surface area contributed by atoms with Gasteiger partial charge in [-0.15, -0.1) is 0 Å². The van der Waals surface area contributed by atoms with E-state index in [2.05, 4.69) is 5.32 Å². The summed E-state index contributed by atoms with van der Waals surface area (Å²) in [5.74, 6) is -1.18. The predicted molar refractivity (Wildman–Crippen MR) is 84.2 cm³/mol. The average molecular weight is 300 g/mol. The summed E-state index contributed by atoms with van der Waals surface area (Å²) in [6, 6.07) is 0.587. The van der Waals surface area contributed by atoms with Gasteiger partial charge in [-0.25, -0.2) is 0 Å². The van der Waals surface area contributed by atoms with Crippen molar-refractivity contribution in [1.29, 1.82) is 0 Å². The number of hydrogen-bond acceptors (Lipinski definition) is 4. The molecular formula is C16H32N2O3. The summed E-state index contributed by atoms with van der Waals surface area (Å²) >= 11 is 0. The molecule has 0 aromatic rings. The van der Waals surface area contributed by atoms with Crippen molar-refractivity contribution in [3.8, 4) is 0 Å². The van der Waals surface area contributed by atoms with Crippen LogP contribution in [0.3, 0.4) is 0 Å². The summed E-state index contributed by atoms with van der Waals surface area (Å²) in [6.07, 6.45) is 13.6. The molecule has 0 bridgehead atoms. The molecule has 0 aromatic heterocycles. The number of nitrogens with one attached hydrogen (secondary N) is 1. The summed E-state index contributed by atoms with van der Waals surface area (Å²) in [6.45, 7) is 1.33. The Balaban J connectivity index is 0.000000240. The highest BCUT2D eigenvalue weighted by atomic mass is 16.4. The maximum atomic E-state index is 9.86. The molecule has 2 aliphatic carbocycles. The zero-order valence-corrected chi connectivity index (χ0v) is 13.3. The summed E-state index contributed by atoms with van der Waals surface area (Å²) in [4.78, 5) is 9.86. The van der Waals surface area contributed by atoms with E-state index in [9.17, 15) is 4.79 Å². The van der Waals surface area contributed by atoms with Crippen LogP contribution in [0.1, 0.15) is 71.1 Å². The molecule has 5 nitrogen and oxygen atoms in total. The Morgan fingerprint density at radius 3 is 1.62 bits per heavy atom. The van der Waals surface area contributed by atoms with Crippen LogP contribution in [0.2, 0.25) is 0 Å². The van der Waals surface area contributed by atoms with E-state index in [1.165, 1.54) is 71.1 Å². The number of aliphatic hydroxyl groups excluding tert-OH is 1. The van der Waals surface area contributed by atoms with E-state index in [-0.39, 0.29) is 0 Å². The predicted octanol–water partition coefficient (Wildman–Crippen LogP) is 2.02. The maximum absolute atomic E-state index is 9.86. The second-order valence-electron chi connectivity index (χ2n) is 6.44. The molecule has 0 radical (unpaired) electrons. The molecule has 0 spiro atoms. The van der Waals surface area contributed by atoms with Gasteiger partial charge in [0.1, 0.15) is 6.04 Å². The molecule has 0 saturated heterocycles. The Hall–Kier alpha value is -0.650. The SMILES string of the molecule is C1CCC(NC2CCCCC2)CC1.C[C@@H](O)[C@H](N)C(=O)O. The third kappa shape index (κ3) is 7.79. The molecule has 2 saturated carbocycles. The summed E-state index contributed by atoms with van der Waals surface area (Å²) in [5.41, 5.74) is 4.91. The molecule has 0 amide bonds. The number of carbonyl (C=O) groups is 1. The molecule has 2 rings (SSSR count). The Bertz CT molecular complexity index is 269. The minimum Gasteiger partial charge on any atom is -0.480 e. The molecule has 0 unspecified atom stereocenters. The average Bonchev–Trinajstić information content (AvgIpc) is 2.49. The molecule has 2 aliphatic rings. The van der Waals surface area contributed by atoms with Crippen molar-refractivity contribution in [3.05, 3.63) is 0 Å². The molecule has 0 heterocycles. The van der Waals surface area contributed by atoms with Gasteiger partial charge in [0.15, 0.2) is 0 Å². The van der Waals surface area contributed by atoms with Gasteiger partial charge >= 0.3 is 5.97 Å². The number of rotatable bonds is 4. The smallest absolute Gasteiger partial charge is 0.323 e.